The van der Waals surface area contributed by atoms with Gasteiger partial charge in [-0.2, -0.15) is 5.10 Å². The van der Waals surface area contributed by atoms with Gasteiger partial charge in [0.05, 0.1) is 18.7 Å². The van der Waals surface area contributed by atoms with Crippen molar-refractivity contribution in [1.29, 1.82) is 0 Å². The maximum absolute atomic E-state index is 12.2. The van der Waals surface area contributed by atoms with E-state index in [1.165, 1.54) is 0 Å². The molecule has 27 heavy (non-hydrogen) atoms. The van der Waals surface area contributed by atoms with Crippen molar-refractivity contribution in [3.8, 4) is 11.5 Å². The number of aliphatic hydroxyl groups is 1. The van der Waals surface area contributed by atoms with Crippen LogP contribution in [0.25, 0.3) is 11.5 Å². The van der Waals surface area contributed by atoms with Gasteiger partial charge in [0.2, 0.25) is 0 Å². The van der Waals surface area contributed by atoms with Crippen LogP contribution in [0.3, 0.4) is 0 Å². The molecule has 9 heteroatoms. The van der Waals surface area contributed by atoms with E-state index >= 15 is 0 Å². The molecule has 3 aromatic heterocycles. The first-order valence-electron chi connectivity index (χ1n) is 8.81. The fourth-order valence-corrected chi connectivity index (χ4v) is 3.25. The number of H-pyrrole nitrogens is 1. The molecule has 0 radical (unpaired) electrons. The van der Waals surface area contributed by atoms with Gasteiger partial charge >= 0.3 is 0 Å². The van der Waals surface area contributed by atoms with Crippen LogP contribution in [0.15, 0.2) is 39.4 Å². The van der Waals surface area contributed by atoms with E-state index in [4.69, 9.17) is 8.94 Å². The Balaban J connectivity index is 1.31. The third kappa shape index (κ3) is 3.93. The molecule has 0 aromatic carbocycles. The fourth-order valence-electron chi connectivity index (χ4n) is 3.25. The Hall–Kier alpha value is -2.91. The lowest BCUT2D eigenvalue weighted by Crippen LogP contribution is -2.53. The van der Waals surface area contributed by atoms with Crippen LogP contribution in [0, 0.1) is 6.92 Å². The SMILES string of the molecule is Cc1cc(C(=O)N[C@@H]2CCN(Cc3ccc(-c4ccn[nH]4)o3)C[C@H]2O)no1. The number of aliphatic hydroxyl groups excluding tert-OH is 1. The summed E-state index contributed by atoms with van der Waals surface area (Å²) >= 11 is 0. The van der Waals surface area contributed by atoms with E-state index < -0.39 is 6.10 Å². The van der Waals surface area contributed by atoms with E-state index in [0.717, 1.165) is 23.8 Å². The number of likely N-dealkylation sites (tertiary alicyclic amines) is 1. The number of amides is 1. The van der Waals surface area contributed by atoms with Crippen LogP contribution in [0.4, 0.5) is 0 Å². The van der Waals surface area contributed by atoms with Crippen LogP contribution in [0.5, 0.6) is 0 Å². The second-order valence-electron chi connectivity index (χ2n) is 6.73. The van der Waals surface area contributed by atoms with Crippen molar-refractivity contribution < 1.29 is 18.8 Å². The van der Waals surface area contributed by atoms with Gasteiger partial charge in [0.15, 0.2) is 11.5 Å². The molecule has 142 valence electrons. The zero-order valence-corrected chi connectivity index (χ0v) is 14.9. The molecule has 4 heterocycles. The smallest absolute Gasteiger partial charge is 0.273 e. The molecule has 3 aromatic rings. The Morgan fingerprint density at radius 3 is 3.04 bits per heavy atom. The quantitative estimate of drug-likeness (QED) is 0.619. The molecule has 0 aliphatic carbocycles. The van der Waals surface area contributed by atoms with Crippen LogP contribution in [0.1, 0.15) is 28.4 Å². The zero-order chi connectivity index (χ0) is 18.8. The minimum absolute atomic E-state index is 0.226. The third-order valence-electron chi connectivity index (χ3n) is 4.65. The molecular weight excluding hydrogens is 350 g/mol. The number of rotatable bonds is 5. The van der Waals surface area contributed by atoms with Gasteiger partial charge in [-0.05, 0) is 31.5 Å². The Labute approximate surface area is 155 Å². The van der Waals surface area contributed by atoms with Gasteiger partial charge in [-0.1, -0.05) is 5.16 Å². The number of carbonyl (C=O) groups excluding carboxylic acids is 1. The van der Waals surface area contributed by atoms with Crippen LogP contribution < -0.4 is 5.32 Å². The monoisotopic (exact) mass is 371 g/mol. The molecule has 1 amide bonds. The minimum Gasteiger partial charge on any atom is -0.458 e. The summed E-state index contributed by atoms with van der Waals surface area (Å²) in [5.74, 6) is 1.78. The van der Waals surface area contributed by atoms with E-state index in [1.807, 2.05) is 18.2 Å². The third-order valence-corrected chi connectivity index (χ3v) is 4.65. The number of aromatic nitrogens is 3. The van der Waals surface area contributed by atoms with Crippen molar-refractivity contribution >= 4 is 5.91 Å². The lowest BCUT2D eigenvalue weighted by molar-refractivity contribution is 0.0325. The van der Waals surface area contributed by atoms with Crippen LogP contribution in [-0.4, -0.2) is 56.5 Å². The second-order valence-corrected chi connectivity index (χ2v) is 6.73. The molecule has 0 unspecified atom stereocenters. The highest BCUT2D eigenvalue weighted by Gasteiger charge is 2.30. The largest absolute Gasteiger partial charge is 0.458 e. The number of piperidine rings is 1. The summed E-state index contributed by atoms with van der Waals surface area (Å²) in [6.45, 7) is 3.50. The maximum Gasteiger partial charge on any atom is 0.273 e. The summed E-state index contributed by atoms with van der Waals surface area (Å²) in [7, 11) is 0. The molecule has 0 bridgehead atoms. The Morgan fingerprint density at radius 1 is 1.44 bits per heavy atom. The first-order valence-corrected chi connectivity index (χ1v) is 8.81. The predicted octanol–water partition coefficient (Wildman–Crippen LogP) is 1.33. The normalized spacial score (nSPS) is 20.7. The number of hydrogen-bond acceptors (Lipinski definition) is 7. The number of carbonyl (C=O) groups is 1. The summed E-state index contributed by atoms with van der Waals surface area (Å²) in [6, 6.07) is 6.92. The van der Waals surface area contributed by atoms with Gasteiger partial charge in [0.25, 0.3) is 5.91 Å². The molecule has 1 aliphatic rings. The zero-order valence-electron chi connectivity index (χ0n) is 14.9. The van der Waals surface area contributed by atoms with Gasteiger partial charge in [0, 0.05) is 25.4 Å². The number of hydrogen-bond donors (Lipinski definition) is 3. The van der Waals surface area contributed by atoms with E-state index in [9.17, 15) is 9.90 Å². The van der Waals surface area contributed by atoms with Gasteiger partial charge in [-0.25, -0.2) is 0 Å². The fraction of sp³-hybridized carbons (Fsp3) is 0.389. The first-order chi connectivity index (χ1) is 13.1. The second kappa shape index (κ2) is 7.37. The number of aromatic amines is 1. The van der Waals surface area contributed by atoms with Crippen molar-refractivity contribution in [2.24, 2.45) is 0 Å². The van der Waals surface area contributed by atoms with Crippen molar-refractivity contribution in [1.82, 2.24) is 25.6 Å². The van der Waals surface area contributed by atoms with Crippen molar-refractivity contribution in [3.05, 3.63) is 47.7 Å². The lowest BCUT2D eigenvalue weighted by atomic mass is 10.0. The van der Waals surface area contributed by atoms with Gasteiger partial charge in [0.1, 0.15) is 17.2 Å². The topological polar surface area (TPSA) is 120 Å². The van der Waals surface area contributed by atoms with Gasteiger partial charge in [-0.15, -0.1) is 0 Å². The number of β-amino-alcohol motifs (C(OH)–C–C–N with tert-alkyl or cyclic N) is 1. The molecule has 0 saturated carbocycles. The minimum atomic E-state index is -0.669. The van der Waals surface area contributed by atoms with Crippen molar-refractivity contribution in [2.45, 2.75) is 32.0 Å². The maximum atomic E-state index is 12.2. The van der Waals surface area contributed by atoms with E-state index in [1.54, 1.807) is 19.2 Å². The predicted molar refractivity (Wildman–Crippen MR) is 94.7 cm³/mol. The summed E-state index contributed by atoms with van der Waals surface area (Å²) in [5.41, 5.74) is 1.05. The van der Waals surface area contributed by atoms with E-state index in [-0.39, 0.29) is 17.6 Å². The molecule has 1 saturated heterocycles. The summed E-state index contributed by atoms with van der Waals surface area (Å²) < 4.78 is 10.8. The molecule has 1 fully saturated rings. The lowest BCUT2D eigenvalue weighted by Gasteiger charge is -2.35. The highest BCUT2D eigenvalue weighted by Crippen LogP contribution is 2.22. The summed E-state index contributed by atoms with van der Waals surface area (Å²) in [6.07, 6.45) is 1.64. The number of nitrogens with one attached hydrogen (secondary N) is 2. The van der Waals surface area contributed by atoms with Crippen LogP contribution in [0.2, 0.25) is 0 Å². The van der Waals surface area contributed by atoms with Crippen LogP contribution >= 0.6 is 0 Å². The number of nitrogens with zero attached hydrogens (tertiary/aromatic N) is 3. The highest BCUT2D eigenvalue weighted by molar-refractivity contribution is 5.92. The van der Waals surface area contributed by atoms with Crippen molar-refractivity contribution in [2.75, 3.05) is 13.1 Å². The Bertz CT molecular complexity index is 901. The number of aryl methyl sites for hydroxylation is 1. The van der Waals surface area contributed by atoms with Crippen LogP contribution in [-0.2, 0) is 6.54 Å². The molecule has 2 atom stereocenters. The molecule has 0 spiro atoms. The molecule has 4 rings (SSSR count). The standard InChI is InChI=1S/C18H21N5O4/c1-11-8-15(22-27-11)18(25)20-13-5-7-23(10-16(13)24)9-12-2-3-17(26-12)14-4-6-19-21-14/h2-4,6,8,13,16,24H,5,7,9-10H2,1H3,(H,19,21)(H,20,25)/t13-,16-/m1/s1. The van der Waals surface area contributed by atoms with Crippen molar-refractivity contribution in [3.63, 3.8) is 0 Å². The van der Waals surface area contributed by atoms with Gasteiger partial charge < -0.3 is 19.4 Å². The van der Waals surface area contributed by atoms with Gasteiger partial charge in [-0.3, -0.25) is 14.8 Å². The Kier molecular flexibility index (Phi) is 4.78. The Morgan fingerprint density at radius 2 is 2.33 bits per heavy atom. The summed E-state index contributed by atoms with van der Waals surface area (Å²) in [4.78, 5) is 14.3. The number of furan rings is 1. The van der Waals surface area contributed by atoms with E-state index in [2.05, 4.69) is 25.6 Å². The summed E-state index contributed by atoms with van der Waals surface area (Å²) in [5, 5.41) is 23.7. The molecular formula is C18H21N5O4. The average Bonchev–Trinajstić information content (AvgIpc) is 3.38. The molecule has 9 nitrogen and oxygen atoms in total. The van der Waals surface area contributed by atoms with E-state index in [0.29, 0.717) is 25.3 Å². The highest BCUT2D eigenvalue weighted by atomic mass is 16.5. The molecule has 1 aliphatic heterocycles. The average molecular weight is 371 g/mol. The first kappa shape index (κ1) is 17.5. The molecule has 3 N–H and O–H groups in total.